The van der Waals surface area contributed by atoms with E-state index < -0.39 is 30.0 Å². The number of carbonyl (C=O) groups is 2. The zero-order valence-corrected chi connectivity index (χ0v) is 16.3. The molecule has 3 rings (SSSR count). The fourth-order valence-corrected chi connectivity index (χ4v) is 3.13. The van der Waals surface area contributed by atoms with Crippen molar-refractivity contribution in [3.8, 4) is 0 Å². The number of allylic oxidation sites excluding steroid dienone is 1. The van der Waals surface area contributed by atoms with Crippen LogP contribution in [-0.2, 0) is 13.5 Å². The molecule has 1 aliphatic rings. The van der Waals surface area contributed by atoms with Gasteiger partial charge in [0.1, 0.15) is 17.6 Å². The number of fused-ring (bicyclic) bond motifs is 1. The van der Waals surface area contributed by atoms with E-state index >= 15 is 0 Å². The van der Waals surface area contributed by atoms with Crippen molar-refractivity contribution in [2.45, 2.75) is 25.6 Å². The molecule has 0 saturated heterocycles. The summed E-state index contributed by atoms with van der Waals surface area (Å²) in [5.74, 6) is -0.926. The molecule has 3 amide bonds. The summed E-state index contributed by atoms with van der Waals surface area (Å²) in [6.07, 6.45) is 0.672. The molecule has 0 fully saturated rings. The summed E-state index contributed by atoms with van der Waals surface area (Å²) in [6.45, 7) is 0.922. The molecule has 2 heterocycles. The lowest BCUT2D eigenvalue weighted by atomic mass is 10.1. The van der Waals surface area contributed by atoms with Gasteiger partial charge < -0.3 is 15.2 Å². The predicted octanol–water partition coefficient (Wildman–Crippen LogP) is 4.00. The highest BCUT2D eigenvalue weighted by Crippen LogP contribution is 2.30. The highest BCUT2D eigenvalue weighted by atomic mass is 19.4. The number of halogens is 4. The van der Waals surface area contributed by atoms with E-state index in [9.17, 15) is 27.2 Å². The highest BCUT2D eigenvalue weighted by Gasteiger charge is 2.38. The van der Waals surface area contributed by atoms with Crippen molar-refractivity contribution in [3.05, 3.63) is 59.7 Å². The first-order valence-electron chi connectivity index (χ1n) is 9.12. The van der Waals surface area contributed by atoms with Crippen LogP contribution in [0.5, 0.6) is 0 Å². The molecule has 1 atom stereocenters. The minimum atomic E-state index is -4.57. The van der Waals surface area contributed by atoms with Crippen LogP contribution in [0.15, 0.2) is 42.6 Å². The van der Waals surface area contributed by atoms with Gasteiger partial charge in [0.2, 0.25) is 0 Å². The maximum Gasteiger partial charge on any atom is 0.408 e. The summed E-state index contributed by atoms with van der Waals surface area (Å²) in [5.41, 5.74) is 1.48. The third-order valence-electron chi connectivity index (χ3n) is 4.72. The lowest BCUT2D eigenvalue weighted by Gasteiger charge is -2.24. The summed E-state index contributed by atoms with van der Waals surface area (Å²) >= 11 is 0. The Labute approximate surface area is 170 Å². The van der Waals surface area contributed by atoms with E-state index in [0.717, 1.165) is 11.8 Å². The summed E-state index contributed by atoms with van der Waals surface area (Å²) in [4.78, 5) is 26.5. The Kier molecular flexibility index (Phi) is 5.86. The zero-order chi connectivity index (χ0) is 22.1. The molecule has 0 saturated carbocycles. The number of aromatic nitrogens is 1. The second-order valence-corrected chi connectivity index (χ2v) is 6.91. The molecule has 2 aromatic rings. The second-order valence-electron chi connectivity index (χ2n) is 6.91. The number of hydrogen-bond donors (Lipinski definition) is 2. The maximum absolute atomic E-state index is 13.1. The molecule has 10 heteroatoms. The first-order chi connectivity index (χ1) is 14.1. The van der Waals surface area contributed by atoms with Crippen molar-refractivity contribution in [2.75, 3.05) is 16.8 Å². The van der Waals surface area contributed by atoms with Crippen LogP contribution in [0.2, 0.25) is 0 Å². The molecule has 1 aliphatic heterocycles. The van der Waals surface area contributed by atoms with Gasteiger partial charge in [0.05, 0.1) is 5.69 Å². The number of anilines is 2. The first kappa shape index (κ1) is 21.4. The first-order valence-corrected chi connectivity index (χ1v) is 9.12. The standard InChI is InChI=1S/C20H20F4N4O2/c1-12(20(22,23)24)25-19(30)28-10-4-3-5-15-16(28)11-27(2)17(15)18(29)26-14-8-6-13(21)7-9-14/h3-4,6-9,11-12H,5,10H2,1-2H3,(H,25,30)(H,26,29). The van der Waals surface area contributed by atoms with Gasteiger partial charge in [0, 0.05) is 31.0 Å². The molecule has 0 radical (unpaired) electrons. The number of hydrogen-bond acceptors (Lipinski definition) is 2. The lowest BCUT2D eigenvalue weighted by molar-refractivity contribution is -0.148. The van der Waals surface area contributed by atoms with Crippen LogP contribution in [0.3, 0.4) is 0 Å². The van der Waals surface area contributed by atoms with Gasteiger partial charge in [-0.05, 0) is 37.6 Å². The number of amides is 3. The van der Waals surface area contributed by atoms with Gasteiger partial charge in [-0.25, -0.2) is 9.18 Å². The summed E-state index contributed by atoms with van der Waals surface area (Å²) < 4.78 is 53.1. The molecule has 30 heavy (non-hydrogen) atoms. The third-order valence-corrected chi connectivity index (χ3v) is 4.72. The van der Waals surface area contributed by atoms with Crippen molar-refractivity contribution in [2.24, 2.45) is 7.05 Å². The number of nitrogens with one attached hydrogen (secondary N) is 2. The van der Waals surface area contributed by atoms with Crippen LogP contribution in [0.1, 0.15) is 23.0 Å². The average molecular weight is 424 g/mol. The molecule has 1 aromatic heterocycles. The average Bonchev–Trinajstić information content (AvgIpc) is 2.85. The molecule has 160 valence electrons. The molecule has 6 nitrogen and oxygen atoms in total. The number of benzene rings is 1. The van der Waals surface area contributed by atoms with E-state index in [1.165, 1.54) is 35.0 Å². The minimum absolute atomic E-state index is 0.0619. The Morgan fingerprint density at radius 2 is 1.80 bits per heavy atom. The predicted molar refractivity (Wildman–Crippen MR) is 104 cm³/mol. The molecule has 1 aromatic carbocycles. The lowest BCUT2D eigenvalue weighted by Crippen LogP contribution is -2.49. The topological polar surface area (TPSA) is 66.4 Å². The van der Waals surface area contributed by atoms with Gasteiger partial charge in [-0.1, -0.05) is 12.2 Å². The van der Waals surface area contributed by atoms with E-state index in [2.05, 4.69) is 5.32 Å². The van der Waals surface area contributed by atoms with Crippen LogP contribution in [-0.4, -0.2) is 35.3 Å². The molecular formula is C20H20F4N4O2. The van der Waals surface area contributed by atoms with Crippen molar-refractivity contribution < 1.29 is 27.2 Å². The summed E-state index contributed by atoms with van der Waals surface area (Å²) in [5, 5.41) is 4.60. The van der Waals surface area contributed by atoms with Crippen LogP contribution in [0.4, 0.5) is 33.7 Å². The molecule has 1 unspecified atom stereocenters. The fraction of sp³-hybridized carbons (Fsp3) is 0.300. The number of aryl methyl sites for hydroxylation is 1. The smallest absolute Gasteiger partial charge is 0.344 e. The largest absolute Gasteiger partial charge is 0.408 e. The third kappa shape index (κ3) is 4.47. The zero-order valence-electron chi connectivity index (χ0n) is 16.3. The van der Waals surface area contributed by atoms with E-state index in [-0.39, 0.29) is 12.2 Å². The molecule has 0 aliphatic carbocycles. The van der Waals surface area contributed by atoms with E-state index in [1.807, 2.05) is 5.32 Å². The Morgan fingerprint density at radius 1 is 1.13 bits per heavy atom. The molecule has 0 bridgehead atoms. The van der Waals surface area contributed by atoms with Gasteiger partial charge in [0.25, 0.3) is 5.91 Å². The summed E-state index contributed by atoms with van der Waals surface area (Å²) in [6, 6.07) is 2.30. The van der Waals surface area contributed by atoms with Gasteiger partial charge in [0.15, 0.2) is 0 Å². The summed E-state index contributed by atoms with van der Waals surface area (Å²) in [7, 11) is 1.60. The minimum Gasteiger partial charge on any atom is -0.344 e. The van der Waals surface area contributed by atoms with Crippen molar-refractivity contribution in [3.63, 3.8) is 0 Å². The van der Waals surface area contributed by atoms with Gasteiger partial charge >= 0.3 is 12.2 Å². The Hall–Kier alpha value is -3.30. The number of carbonyl (C=O) groups excluding carboxylic acids is 2. The highest BCUT2D eigenvalue weighted by molar-refractivity contribution is 6.06. The second kappa shape index (κ2) is 8.21. The van der Waals surface area contributed by atoms with Crippen LogP contribution >= 0.6 is 0 Å². The van der Waals surface area contributed by atoms with Crippen LogP contribution in [0, 0.1) is 5.82 Å². The SMILES string of the molecule is CC(NC(=O)N1CC=CCc2c1cn(C)c2C(=O)Nc1ccc(F)cc1)C(F)(F)F. The van der Waals surface area contributed by atoms with Crippen molar-refractivity contribution in [1.29, 1.82) is 0 Å². The monoisotopic (exact) mass is 424 g/mol. The molecular weight excluding hydrogens is 404 g/mol. The molecule has 2 N–H and O–H groups in total. The Bertz CT molecular complexity index is 980. The quantitative estimate of drug-likeness (QED) is 0.578. The number of rotatable bonds is 3. The van der Waals surface area contributed by atoms with Gasteiger partial charge in [-0.2, -0.15) is 13.2 Å². The van der Waals surface area contributed by atoms with E-state index in [1.54, 1.807) is 19.2 Å². The van der Waals surface area contributed by atoms with Gasteiger partial charge in [-0.3, -0.25) is 9.69 Å². The van der Waals surface area contributed by atoms with Crippen LogP contribution in [0.25, 0.3) is 0 Å². The van der Waals surface area contributed by atoms with E-state index in [4.69, 9.17) is 0 Å². The van der Waals surface area contributed by atoms with Crippen LogP contribution < -0.4 is 15.5 Å². The maximum atomic E-state index is 13.1. The Balaban J connectivity index is 1.89. The number of alkyl halides is 3. The van der Waals surface area contributed by atoms with Crippen molar-refractivity contribution >= 4 is 23.3 Å². The van der Waals surface area contributed by atoms with Gasteiger partial charge in [-0.15, -0.1) is 0 Å². The van der Waals surface area contributed by atoms with E-state index in [0.29, 0.717) is 23.4 Å². The number of nitrogens with zero attached hydrogens (tertiary/aromatic N) is 2. The van der Waals surface area contributed by atoms with Crippen molar-refractivity contribution in [1.82, 2.24) is 9.88 Å². The number of urea groups is 1. The fourth-order valence-electron chi connectivity index (χ4n) is 3.13. The normalized spacial score (nSPS) is 14.7. The molecule has 0 spiro atoms. The Morgan fingerprint density at radius 3 is 2.43 bits per heavy atom.